The van der Waals surface area contributed by atoms with E-state index in [9.17, 15) is 23.4 Å². The standard InChI is InChI=1S/C15H22N2O5S2/c18-13(19)12-10-4-7-16-8-11(10)23-14(12)24(21,22)17-9-15(20)5-2-1-3-6-15/h16-17,20H,1-9H2,(H,18,19). The summed E-state index contributed by atoms with van der Waals surface area (Å²) in [6.45, 7) is 1.05. The minimum Gasteiger partial charge on any atom is -0.478 e. The Morgan fingerprint density at radius 3 is 2.67 bits per heavy atom. The third-order valence-corrected chi connectivity index (χ3v) is 7.88. The van der Waals surface area contributed by atoms with Crippen LogP contribution in [0.3, 0.4) is 0 Å². The van der Waals surface area contributed by atoms with E-state index >= 15 is 0 Å². The summed E-state index contributed by atoms with van der Waals surface area (Å²) < 4.78 is 27.6. The normalized spacial score (nSPS) is 20.5. The second-order valence-corrected chi connectivity index (χ2v) is 9.58. The van der Waals surface area contributed by atoms with Crippen molar-refractivity contribution in [2.24, 2.45) is 0 Å². The van der Waals surface area contributed by atoms with Crippen LogP contribution in [0.15, 0.2) is 4.21 Å². The molecule has 7 nitrogen and oxygen atoms in total. The average Bonchev–Trinajstić information content (AvgIpc) is 2.95. The lowest BCUT2D eigenvalue weighted by atomic mass is 9.85. The summed E-state index contributed by atoms with van der Waals surface area (Å²) in [6, 6.07) is 0. The summed E-state index contributed by atoms with van der Waals surface area (Å²) in [6.07, 6.45) is 4.42. The predicted molar refractivity (Wildman–Crippen MR) is 89.9 cm³/mol. The van der Waals surface area contributed by atoms with Crippen molar-refractivity contribution in [3.05, 3.63) is 16.0 Å². The number of hydrogen-bond donors (Lipinski definition) is 4. The molecule has 1 aromatic heterocycles. The van der Waals surface area contributed by atoms with Crippen LogP contribution >= 0.6 is 11.3 Å². The third kappa shape index (κ3) is 3.50. The van der Waals surface area contributed by atoms with Crippen molar-refractivity contribution in [3.63, 3.8) is 0 Å². The minimum atomic E-state index is -3.97. The van der Waals surface area contributed by atoms with E-state index in [-0.39, 0.29) is 16.3 Å². The van der Waals surface area contributed by atoms with Gasteiger partial charge in [-0.05, 0) is 31.4 Å². The first-order valence-corrected chi connectivity index (χ1v) is 10.4. The van der Waals surface area contributed by atoms with Crippen LogP contribution < -0.4 is 10.0 Å². The Kier molecular flexibility index (Phi) is 4.99. The SMILES string of the molecule is O=C(O)c1c(S(=O)(=O)NCC2(O)CCCCC2)sc2c1CCNC2. The van der Waals surface area contributed by atoms with Gasteiger partial charge in [0.05, 0.1) is 11.2 Å². The molecule has 2 aliphatic rings. The molecule has 3 rings (SSSR count). The van der Waals surface area contributed by atoms with Crippen LogP contribution in [0.25, 0.3) is 0 Å². The molecule has 2 heterocycles. The van der Waals surface area contributed by atoms with Gasteiger partial charge < -0.3 is 15.5 Å². The number of sulfonamides is 1. The lowest BCUT2D eigenvalue weighted by Gasteiger charge is -2.31. The third-order valence-electron chi connectivity index (χ3n) is 4.73. The zero-order valence-corrected chi connectivity index (χ0v) is 14.9. The Balaban J connectivity index is 1.86. The first kappa shape index (κ1) is 17.8. The van der Waals surface area contributed by atoms with Gasteiger partial charge in [0.15, 0.2) is 0 Å². The molecular formula is C15H22N2O5S2. The topological polar surface area (TPSA) is 116 Å². The molecule has 1 saturated carbocycles. The summed E-state index contributed by atoms with van der Waals surface area (Å²) in [7, 11) is -3.97. The number of thiophene rings is 1. The maximum absolute atomic E-state index is 12.7. The number of rotatable bonds is 5. The van der Waals surface area contributed by atoms with Crippen LogP contribution in [0.1, 0.15) is 52.9 Å². The number of nitrogens with one attached hydrogen (secondary N) is 2. The van der Waals surface area contributed by atoms with E-state index in [1.54, 1.807) is 0 Å². The van der Waals surface area contributed by atoms with Gasteiger partial charge in [0, 0.05) is 18.0 Å². The second-order valence-electron chi connectivity index (χ2n) is 6.51. The highest BCUT2D eigenvalue weighted by atomic mass is 32.2. The number of carbonyl (C=O) groups is 1. The maximum atomic E-state index is 12.7. The van der Waals surface area contributed by atoms with Crippen molar-refractivity contribution < 1.29 is 23.4 Å². The average molecular weight is 374 g/mol. The highest BCUT2D eigenvalue weighted by Gasteiger charge is 2.35. The first-order chi connectivity index (χ1) is 11.3. The van der Waals surface area contributed by atoms with Crippen LogP contribution in [0, 0.1) is 0 Å². The predicted octanol–water partition coefficient (Wildman–Crippen LogP) is 1.07. The van der Waals surface area contributed by atoms with Crippen LogP contribution in [-0.2, 0) is 23.0 Å². The van der Waals surface area contributed by atoms with Crippen molar-refractivity contribution >= 4 is 27.3 Å². The molecule has 1 aromatic rings. The molecule has 0 spiro atoms. The fraction of sp³-hybridized carbons (Fsp3) is 0.667. The summed E-state index contributed by atoms with van der Waals surface area (Å²) >= 11 is 1.01. The molecule has 0 radical (unpaired) electrons. The van der Waals surface area contributed by atoms with Crippen LogP contribution in [0.4, 0.5) is 0 Å². The smallest absolute Gasteiger partial charge is 0.338 e. The molecule has 24 heavy (non-hydrogen) atoms. The lowest BCUT2D eigenvalue weighted by Crippen LogP contribution is -2.44. The molecule has 1 fully saturated rings. The molecule has 134 valence electrons. The largest absolute Gasteiger partial charge is 0.478 e. The summed E-state index contributed by atoms with van der Waals surface area (Å²) in [5, 5.41) is 23.1. The van der Waals surface area contributed by atoms with Gasteiger partial charge >= 0.3 is 5.97 Å². The van der Waals surface area contributed by atoms with Gasteiger partial charge in [-0.2, -0.15) is 0 Å². The second kappa shape index (κ2) is 6.72. The Labute approximate surface area is 145 Å². The zero-order valence-electron chi connectivity index (χ0n) is 13.3. The molecule has 1 aliphatic carbocycles. The number of carboxylic acid groups (broad SMARTS) is 1. The molecule has 0 bridgehead atoms. The molecule has 0 amide bonds. The number of aliphatic hydroxyl groups is 1. The fourth-order valence-electron chi connectivity index (χ4n) is 3.40. The van der Waals surface area contributed by atoms with Crippen LogP contribution in [-0.4, -0.2) is 43.3 Å². The van der Waals surface area contributed by atoms with Gasteiger partial charge in [0.25, 0.3) is 10.0 Å². The van der Waals surface area contributed by atoms with Gasteiger partial charge in [-0.3, -0.25) is 0 Å². The summed E-state index contributed by atoms with van der Waals surface area (Å²) in [4.78, 5) is 12.4. The first-order valence-electron chi connectivity index (χ1n) is 8.13. The van der Waals surface area contributed by atoms with Crippen LogP contribution in [0.2, 0.25) is 0 Å². The van der Waals surface area contributed by atoms with Gasteiger partial charge in [0.2, 0.25) is 0 Å². The number of aromatic carboxylic acids is 1. The van der Waals surface area contributed by atoms with Gasteiger partial charge in [0.1, 0.15) is 4.21 Å². The van der Waals surface area contributed by atoms with Crippen molar-refractivity contribution in [2.75, 3.05) is 13.1 Å². The summed E-state index contributed by atoms with van der Waals surface area (Å²) in [5.74, 6) is -1.22. The Morgan fingerprint density at radius 1 is 1.29 bits per heavy atom. The molecular weight excluding hydrogens is 352 g/mol. The van der Waals surface area contributed by atoms with Crippen LogP contribution in [0.5, 0.6) is 0 Å². The number of hydrogen-bond acceptors (Lipinski definition) is 6. The van der Waals surface area contributed by atoms with Crippen molar-refractivity contribution in [2.45, 2.75) is 54.9 Å². The Hall–Kier alpha value is -1.00. The van der Waals surface area contributed by atoms with E-state index in [1.807, 2.05) is 0 Å². The zero-order chi connectivity index (χ0) is 17.4. The number of carboxylic acids is 1. The van der Waals surface area contributed by atoms with E-state index in [2.05, 4.69) is 10.0 Å². The highest BCUT2D eigenvalue weighted by molar-refractivity contribution is 7.91. The maximum Gasteiger partial charge on any atom is 0.338 e. The molecule has 0 saturated heterocycles. The highest BCUT2D eigenvalue weighted by Crippen LogP contribution is 2.35. The van der Waals surface area contributed by atoms with E-state index in [1.165, 1.54) is 0 Å². The molecule has 0 unspecified atom stereocenters. The fourth-order valence-corrected chi connectivity index (χ4v) is 6.42. The van der Waals surface area contributed by atoms with Gasteiger partial charge in [-0.15, -0.1) is 11.3 Å². The quantitative estimate of drug-likeness (QED) is 0.613. The van der Waals surface area contributed by atoms with E-state index < -0.39 is 21.6 Å². The Bertz CT molecular complexity index is 735. The van der Waals surface area contributed by atoms with Crippen molar-refractivity contribution in [1.29, 1.82) is 0 Å². The van der Waals surface area contributed by atoms with Crippen molar-refractivity contribution in [3.8, 4) is 0 Å². The van der Waals surface area contributed by atoms with E-state index in [0.717, 1.165) is 35.5 Å². The van der Waals surface area contributed by atoms with Gasteiger partial charge in [-0.25, -0.2) is 17.9 Å². The molecule has 4 N–H and O–H groups in total. The Morgan fingerprint density at radius 2 is 2.00 bits per heavy atom. The van der Waals surface area contributed by atoms with Gasteiger partial charge in [-0.1, -0.05) is 19.3 Å². The molecule has 0 aromatic carbocycles. The monoisotopic (exact) mass is 374 g/mol. The molecule has 0 atom stereocenters. The van der Waals surface area contributed by atoms with E-state index in [4.69, 9.17) is 0 Å². The van der Waals surface area contributed by atoms with E-state index in [0.29, 0.717) is 37.9 Å². The minimum absolute atomic E-state index is 0.0742. The molecule has 1 aliphatic heterocycles. The van der Waals surface area contributed by atoms with Crippen molar-refractivity contribution in [1.82, 2.24) is 10.0 Å². The lowest BCUT2D eigenvalue weighted by molar-refractivity contribution is 0.00946. The molecule has 9 heteroatoms. The number of fused-ring (bicyclic) bond motifs is 1. The summed E-state index contributed by atoms with van der Waals surface area (Å²) in [5.41, 5.74) is -0.532.